The van der Waals surface area contributed by atoms with E-state index in [4.69, 9.17) is 0 Å². The van der Waals surface area contributed by atoms with Crippen molar-refractivity contribution < 1.29 is 56.4 Å². The summed E-state index contributed by atoms with van der Waals surface area (Å²) < 4.78 is 0.786. The molecule has 0 aromatic heterocycles. The second-order valence-electron chi connectivity index (χ2n) is 5.35. The molecule has 0 radical (unpaired) electrons. The van der Waals surface area contributed by atoms with Gasteiger partial charge in [-0.2, -0.15) is 0 Å². The van der Waals surface area contributed by atoms with E-state index in [-0.39, 0.29) is 56.4 Å². The average Bonchev–Trinajstić information content (AvgIpc) is 2.78. The van der Waals surface area contributed by atoms with Gasteiger partial charge in [-0.25, -0.2) is 0 Å². The molecule has 0 saturated heterocycles. The number of halogens is 2. The predicted molar refractivity (Wildman–Crippen MR) is 82.4 cm³/mol. The fourth-order valence-corrected chi connectivity index (χ4v) is 12.6. The van der Waals surface area contributed by atoms with Gasteiger partial charge >= 0.3 is 128 Å². The molecule has 21 heavy (non-hydrogen) atoms. The first kappa shape index (κ1) is 19.3. The van der Waals surface area contributed by atoms with Crippen LogP contribution >= 0.6 is 0 Å². The number of hydrogen-bond acceptors (Lipinski definition) is 0. The first-order valence-electron chi connectivity index (χ1n) is 6.87. The number of benzene rings is 2. The maximum absolute atomic E-state index is 2.52. The summed E-state index contributed by atoms with van der Waals surface area (Å²) in [6, 6.07) is 20.0. The third-order valence-electron chi connectivity index (χ3n) is 3.54. The molecule has 0 fully saturated rings. The molecule has 0 heterocycles. The Bertz CT molecular complexity index is 611. The Kier molecular flexibility index (Phi) is 8.05. The van der Waals surface area contributed by atoms with Gasteiger partial charge in [-0.1, -0.05) is 0 Å². The molecule has 0 bridgehead atoms. The summed E-state index contributed by atoms with van der Waals surface area (Å²) in [5.74, 6) is -0.415. The molecule has 1 aliphatic carbocycles. The van der Waals surface area contributed by atoms with Crippen molar-refractivity contribution in [1.29, 1.82) is 0 Å². The van der Waals surface area contributed by atoms with Gasteiger partial charge in [0.1, 0.15) is 0 Å². The van der Waals surface area contributed by atoms with Crippen LogP contribution in [0, 0.1) is 0 Å². The van der Waals surface area contributed by atoms with E-state index in [1.807, 2.05) is 0 Å². The molecule has 0 aliphatic heterocycles. The van der Waals surface area contributed by atoms with Crippen LogP contribution in [-0.4, -0.2) is 5.92 Å². The van der Waals surface area contributed by atoms with Crippen molar-refractivity contribution in [3.8, 4) is 0 Å². The van der Waals surface area contributed by atoms with Gasteiger partial charge in [0.25, 0.3) is 0 Å². The van der Waals surface area contributed by atoms with Crippen molar-refractivity contribution in [2.24, 2.45) is 0 Å². The summed E-state index contributed by atoms with van der Waals surface area (Å²) >= 11 is -0.313. The summed E-state index contributed by atoms with van der Waals surface area (Å²) in [6.45, 7) is 5.05. The fourth-order valence-electron chi connectivity index (χ4n) is 2.72. The second kappa shape index (κ2) is 8.76. The van der Waals surface area contributed by atoms with Crippen molar-refractivity contribution in [3.63, 3.8) is 0 Å². The molecule has 0 spiro atoms. The quantitative estimate of drug-likeness (QED) is 0.443. The largest absolute Gasteiger partial charge is 1.00 e. The Balaban J connectivity index is 0.00000110. The topological polar surface area (TPSA) is 0 Å². The van der Waals surface area contributed by atoms with E-state index in [1.165, 1.54) is 11.1 Å². The Morgan fingerprint density at radius 2 is 1.48 bits per heavy atom. The van der Waals surface area contributed by atoms with Gasteiger partial charge in [0.05, 0.1) is 0 Å². The van der Waals surface area contributed by atoms with Crippen molar-refractivity contribution in [2.45, 2.75) is 16.7 Å². The number of hydrogen-bond donors (Lipinski definition) is 0. The van der Waals surface area contributed by atoms with Crippen LogP contribution in [-0.2, 0) is 22.4 Å². The Labute approximate surface area is 160 Å². The van der Waals surface area contributed by atoms with Crippen LogP contribution in [0.25, 0.3) is 11.6 Å². The van der Waals surface area contributed by atoms with Crippen LogP contribution in [0.4, 0.5) is 0 Å². The minimum Gasteiger partial charge on any atom is -1.00 e. The van der Waals surface area contributed by atoms with Crippen LogP contribution in [0.15, 0.2) is 54.6 Å². The van der Waals surface area contributed by atoms with E-state index in [0.29, 0.717) is 0 Å². The Morgan fingerprint density at radius 1 is 0.857 bits per heavy atom. The summed E-state index contributed by atoms with van der Waals surface area (Å²) in [5.41, 5.74) is 6.09. The Morgan fingerprint density at radius 3 is 2.14 bits per heavy atom. The van der Waals surface area contributed by atoms with Gasteiger partial charge in [0, 0.05) is 0 Å². The van der Waals surface area contributed by atoms with E-state index < -0.39 is 5.92 Å². The van der Waals surface area contributed by atoms with Crippen molar-refractivity contribution in [1.82, 2.24) is 0 Å². The summed E-state index contributed by atoms with van der Waals surface area (Å²) in [6.07, 6.45) is 2.44. The van der Waals surface area contributed by atoms with Gasteiger partial charge in [-0.05, 0) is 0 Å². The minimum atomic E-state index is -0.415. The zero-order chi connectivity index (χ0) is 13.2. The average molecular weight is 501 g/mol. The SMILES string of the molecule is C[SiH](C)[Zr+2][CH]1C(c2ccccc2)=Cc2ccccc21.[Br-].[Br-]. The molecule has 2 aromatic rings. The monoisotopic (exact) mass is 498 g/mol. The molecular formula is C17H18Br2SiZr. The zero-order valence-corrected chi connectivity index (χ0v) is 19.0. The van der Waals surface area contributed by atoms with Crippen LogP contribution in [0.2, 0.25) is 13.1 Å². The molecule has 2 aromatic carbocycles. The van der Waals surface area contributed by atoms with Crippen molar-refractivity contribution in [2.75, 3.05) is 0 Å². The molecule has 0 amide bonds. The third kappa shape index (κ3) is 4.37. The van der Waals surface area contributed by atoms with Crippen LogP contribution < -0.4 is 34.0 Å². The van der Waals surface area contributed by atoms with Gasteiger partial charge in [-0.3, -0.25) is 0 Å². The van der Waals surface area contributed by atoms with Crippen LogP contribution in [0.3, 0.4) is 0 Å². The first-order chi connectivity index (χ1) is 9.25. The van der Waals surface area contributed by atoms with Crippen molar-refractivity contribution in [3.05, 3.63) is 71.3 Å². The second-order valence-corrected chi connectivity index (χ2v) is 20.4. The fraction of sp³-hybridized carbons (Fsp3) is 0.176. The number of fused-ring (bicyclic) bond motifs is 1. The molecule has 0 N–H and O–H groups in total. The predicted octanol–water partition coefficient (Wildman–Crippen LogP) is -1.64. The zero-order valence-electron chi connectivity index (χ0n) is 12.2. The summed E-state index contributed by atoms with van der Waals surface area (Å²) in [7, 11) is 0. The molecule has 3 rings (SSSR count). The van der Waals surface area contributed by atoms with E-state index in [1.54, 1.807) is 11.1 Å². The molecule has 1 unspecified atom stereocenters. The van der Waals surface area contributed by atoms with Gasteiger partial charge in [0.2, 0.25) is 0 Å². The molecule has 108 valence electrons. The van der Waals surface area contributed by atoms with Gasteiger partial charge in [-0.15, -0.1) is 0 Å². The normalized spacial score (nSPS) is 15.4. The van der Waals surface area contributed by atoms with E-state index >= 15 is 0 Å². The molecule has 0 nitrogen and oxygen atoms in total. The van der Waals surface area contributed by atoms with E-state index in [9.17, 15) is 0 Å². The van der Waals surface area contributed by atoms with Crippen molar-refractivity contribution >= 4 is 17.6 Å². The van der Waals surface area contributed by atoms with E-state index in [2.05, 4.69) is 73.8 Å². The van der Waals surface area contributed by atoms with Crippen LogP contribution in [0.5, 0.6) is 0 Å². The van der Waals surface area contributed by atoms with Crippen LogP contribution in [0.1, 0.15) is 20.3 Å². The first-order valence-corrected chi connectivity index (χ1v) is 15.4. The van der Waals surface area contributed by atoms with Gasteiger partial charge in [0.15, 0.2) is 0 Å². The number of allylic oxidation sites excluding steroid dienone is 1. The smallest absolute Gasteiger partial charge is 1.00 e. The maximum atomic E-state index is 2.52. The standard InChI is InChI=1S/C15H11.C2H7Si.2BrH.Zr/c1-2-6-12(7-3-1)15-10-13-8-4-5-9-14(13)11-15;1-3-2;;;/h1-11H;3H,1-2H3;2*1H;/q;;;;+2/p-2. The summed E-state index contributed by atoms with van der Waals surface area (Å²) in [4.78, 5) is 0. The summed E-state index contributed by atoms with van der Waals surface area (Å²) in [5, 5.41) is 0. The molecule has 0 saturated carbocycles. The molecular weight excluding hydrogens is 483 g/mol. The van der Waals surface area contributed by atoms with Gasteiger partial charge < -0.3 is 34.0 Å². The molecule has 4 heteroatoms. The van der Waals surface area contributed by atoms with E-state index in [0.717, 1.165) is 3.63 Å². The number of rotatable bonds is 3. The minimum absolute atomic E-state index is 0. The molecule has 1 aliphatic rings. The third-order valence-corrected chi connectivity index (χ3v) is 13.4. The maximum Gasteiger partial charge on any atom is -1.00 e. The Hall–Kier alpha value is 0.240. The molecule has 1 atom stereocenters.